The van der Waals surface area contributed by atoms with Gasteiger partial charge in [0.15, 0.2) is 11.0 Å². The second-order valence-electron chi connectivity index (χ2n) is 5.93. The Morgan fingerprint density at radius 2 is 2.00 bits per heavy atom. The van der Waals surface area contributed by atoms with E-state index in [0.717, 1.165) is 33.5 Å². The van der Waals surface area contributed by atoms with Crippen molar-refractivity contribution >= 4 is 23.4 Å². The topological polar surface area (TPSA) is 69.0 Å². The van der Waals surface area contributed by atoms with Crippen LogP contribution >= 0.6 is 11.8 Å². The first-order valence-electron chi connectivity index (χ1n) is 8.68. The number of carbonyl (C=O) groups is 1. The van der Waals surface area contributed by atoms with Gasteiger partial charge in [0.25, 0.3) is 0 Å². The SMILES string of the molecule is CCn1c(SCC(=O)Nc2ccccc2C)nnc1-c1cccc(OC)c1. The van der Waals surface area contributed by atoms with Gasteiger partial charge in [0, 0.05) is 17.8 Å². The molecule has 0 unspecified atom stereocenters. The Labute approximate surface area is 163 Å². The Morgan fingerprint density at radius 1 is 1.19 bits per heavy atom. The summed E-state index contributed by atoms with van der Waals surface area (Å²) in [6.45, 7) is 4.71. The number of methoxy groups -OCH3 is 1. The van der Waals surface area contributed by atoms with Crippen LogP contribution in [0.25, 0.3) is 11.4 Å². The second kappa shape index (κ2) is 8.73. The molecule has 0 fully saturated rings. The number of nitrogens with zero attached hydrogens (tertiary/aromatic N) is 3. The first-order valence-corrected chi connectivity index (χ1v) is 9.66. The van der Waals surface area contributed by atoms with Crippen molar-refractivity contribution in [3.63, 3.8) is 0 Å². The van der Waals surface area contributed by atoms with E-state index in [1.54, 1.807) is 7.11 Å². The monoisotopic (exact) mass is 382 g/mol. The molecule has 0 aliphatic carbocycles. The number of hydrogen-bond donors (Lipinski definition) is 1. The average Bonchev–Trinajstić information content (AvgIpc) is 3.11. The predicted molar refractivity (Wildman–Crippen MR) is 108 cm³/mol. The lowest BCUT2D eigenvalue weighted by Crippen LogP contribution is -2.15. The van der Waals surface area contributed by atoms with E-state index in [9.17, 15) is 4.79 Å². The lowest BCUT2D eigenvalue weighted by Gasteiger charge is -2.09. The van der Waals surface area contributed by atoms with Crippen molar-refractivity contribution in [3.05, 3.63) is 54.1 Å². The Morgan fingerprint density at radius 3 is 2.74 bits per heavy atom. The number of amides is 1. The highest BCUT2D eigenvalue weighted by atomic mass is 32.2. The van der Waals surface area contributed by atoms with Gasteiger partial charge >= 0.3 is 0 Å². The third-order valence-electron chi connectivity index (χ3n) is 4.11. The molecule has 140 valence electrons. The number of nitrogens with one attached hydrogen (secondary N) is 1. The first kappa shape index (κ1) is 19.0. The quantitative estimate of drug-likeness (QED) is 0.625. The Balaban J connectivity index is 1.71. The minimum atomic E-state index is -0.0668. The Kier molecular flexibility index (Phi) is 6.13. The maximum atomic E-state index is 12.3. The van der Waals surface area contributed by atoms with Gasteiger partial charge in [-0.05, 0) is 37.6 Å². The van der Waals surface area contributed by atoms with Gasteiger partial charge in [0.2, 0.25) is 5.91 Å². The third kappa shape index (κ3) is 4.49. The number of carbonyl (C=O) groups excluding carboxylic acids is 1. The van der Waals surface area contributed by atoms with Gasteiger partial charge in [-0.2, -0.15) is 0 Å². The molecule has 0 saturated carbocycles. The molecule has 3 aromatic rings. The van der Waals surface area contributed by atoms with Crippen molar-refractivity contribution in [2.75, 3.05) is 18.2 Å². The van der Waals surface area contributed by atoms with Crippen LogP contribution in [0.1, 0.15) is 12.5 Å². The fraction of sp³-hybridized carbons (Fsp3) is 0.250. The first-order chi connectivity index (χ1) is 13.1. The normalized spacial score (nSPS) is 10.6. The summed E-state index contributed by atoms with van der Waals surface area (Å²) < 4.78 is 7.29. The van der Waals surface area contributed by atoms with Crippen LogP contribution in [0.4, 0.5) is 5.69 Å². The molecule has 0 spiro atoms. The van der Waals surface area contributed by atoms with Crippen molar-refractivity contribution in [1.82, 2.24) is 14.8 Å². The summed E-state index contributed by atoms with van der Waals surface area (Å²) in [6.07, 6.45) is 0. The second-order valence-corrected chi connectivity index (χ2v) is 6.88. The summed E-state index contributed by atoms with van der Waals surface area (Å²) in [4.78, 5) is 12.3. The zero-order valence-electron chi connectivity index (χ0n) is 15.6. The molecule has 3 rings (SSSR count). The summed E-state index contributed by atoms with van der Waals surface area (Å²) in [5.74, 6) is 1.73. The molecule has 0 atom stereocenters. The highest BCUT2D eigenvalue weighted by Gasteiger charge is 2.15. The molecule has 1 heterocycles. The van der Waals surface area contributed by atoms with Gasteiger partial charge in [-0.1, -0.05) is 42.1 Å². The van der Waals surface area contributed by atoms with Crippen molar-refractivity contribution in [1.29, 1.82) is 0 Å². The van der Waals surface area contributed by atoms with E-state index in [4.69, 9.17) is 4.74 Å². The summed E-state index contributed by atoms with van der Waals surface area (Å²) in [6, 6.07) is 15.4. The largest absolute Gasteiger partial charge is 0.497 e. The lowest BCUT2D eigenvalue weighted by atomic mass is 10.2. The van der Waals surface area contributed by atoms with Crippen LogP contribution in [0, 0.1) is 6.92 Å². The van der Waals surface area contributed by atoms with Gasteiger partial charge < -0.3 is 14.6 Å². The standard InChI is InChI=1S/C20H22N4O2S/c1-4-24-19(15-9-7-10-16(12-15)26-3)22-23-20(24)27-13-18(25)21-17-11-6-5-8-14(17)2/h5-12H,4,13H2,1-3H3,(H,21,25). The van der Waals surface area contributed by atoms with Crippen molar-refractivity contribution in [3.8, 4) is 17.1 Å². The molecule has 0 aliphatic rings. The Hall–Kier alpha value is -2.80. The molecule has 1 aromatic heterocycles. The molecule has 2 aromatic carbocycles. The van der Waals surface area contributed by atoms with Crippen LogP contribution in [-0.2, 0) is 11.3 Å². The number of para-hydroxylation sites is 1. The van der Waals surface area contributed by atoms with Crippen molar-refractivity contribution in [2.24, 2.45) is 0 Å². The van der Waals surface area contributed by atoms with Gasteiger partial charge in [-0.3, -0.25) is 4.79 Å². The lowest BCUT2D eigenvalue weighted by molar-refractivity contribution is -0.113. The number of thioether (sulfide) groups is 1. The highest BCUT2D eigenvalue weighted by molar-refractivity contribution is 7.99. The van der Waals surface area contributed by atoms with Crippen LogP contribution in [0.15, 0.2) is 53.7 Å². The van der Waals surface area contributed by atoms with Crippen LogP contribution in [0.3, 0.4) is 0 Å². The van der Waals surface area contributed by atoms with Crippen LogP contribution in [0.2, 0.25) is 0 Å². The molecule has 0 saturated heterocycles. The van der Waals surface area contributed by atoms with E-state index in [0.29, 0.717) is 6.54 Å². The Bertz CT molecular complexity index is 939. The molecular formula is C20H22N4O2S. The maximum Gasteiger partial charge on any atom is 0.234 e. The molecule has 6 nitrogen and oxygen atoms in total. The van der Waals surface area contributed by atoms with E-state index < -0.39 is 0 Å². The molecule has 0 aliphatic heterocycles. The predicted octanol–water partition coefficient (Wildman–Crippen LogP) is 4.01. The number of anilines is 1. The van der Waals surface area contributed by atoms with E-state index in [2.05, 4.69) is 15.5 Å². The maximum absolute atomic E-state index is 12.3. The summed E-state index contributed by atoms with van der Waals surface area (Å²) in [5, 5.41) is 12.2. The van der Waals surface area contributed by atoms with E-state index in [-0.39, 0.29) is 11.7 Å². The third-order valence-corrected chi connectivity index (χ3v) is 5.08. The molecule has 27 heavy (non-hydrogen) atoms. The molecule has 0 radical (unpaired) electrons. The number of rotatable bonds is 7. The van der Waals surface area contributed by atoms with Gasteiger partial charge in [0.1, 0.15) is 5.75 Å². The summed E-state index contributed by atoms with van der Waals surface area (Å²) in [5.41, 5.74) is 2.80. The van der Waals surface area contributed by atoms with E-state index >= 15 is 0 Å². The number of ether oxygens (including phenoxy) is 1. The van der Waals surface area contributed by atoms with Gasteiger partial charge in [0.05, 0.1) is 12.9 Å². The van der Waals surface area contributed by atoms with Crippen LogP contribution in [0.5, 0.6) is 5.75 Å². The van der Waals surface area contributed by atoms with Crippen molar-refractivity contribution in [2.45, 2.75) is 25.5 Å². The summed E-state index contributed by atoms with van der Waals surface area (Å²) >= 11 is 1.38. The van der Waals surface area contributed by atoms with Gasteiger partial charge in [-0.15, -0.1) is 10.2 Å². The fourth-order valence-corrected chi connectivity index (χ4v) is 3.49. The molecular weight excluding hydrogens is 360 g/mol. The van der Waals surface area contributed by atoms with E-state index in [1.165, 1.54) is 11.8 Å². The molecule has 0 bridgehead atoms. The number of aromatic nitrogens is 3. The number of aryl methyl sites for hydroxylation is 1. The highest BCUT2D eigenvalue weighted by Crippen LogP contribution is 2.26. The fourth-order valence-electron chi connectivity index (χ4n) is 2.69. The minimum absolute atomic E-state index is 0.0668. The molecule has 7 heteroatoms. The van der Waals surface area contributed by atoms with Gasteiger partial charge in [-0.25, -0.2) is 0 Å². The zero-order valence-corrected chi connectivity index (χ0v) is 16.4. The zero-order chi connectivity index (χ0) is 19.2. The average molecular weight is 382 g/mol. The smallest absolute Gasteiger partial charge is 0.234 e. The molecule has 1 N–H and O–H groups in total. The van der Waals surface area contributed by atoms with Crippen LogP contribution < -0.4 is 10.1 Å². The minimum Gasteiger partial charge on any atom is -0.497 e. The summed E-state index contributed by atoms with van der Waals surface area (Å²) in [7, 11) is 1.64. The van der Waals surface area contributed by atoms with Crippen molar-refractivity contribution < 1.29 is 9.53 Å². The number of benzene rings is 2. The molecule has 1 amide bonds. The van der Waals surface area contributed by atoms with E-state index in [1.807, 2.05) is 66.9 Å². The van der Waals surface area contributed by atoms with Crippen LogP contribution in [-0.4, -0.2) is 33.5 Å². The number of hydrogen-bond acceptors (Lipinski definition) is 5.